The molecule has 0 radical (unpaired) electrons. The van der Waals surface area contributed by atoms with Gasteiger partial charge in [0.05, 0.1) is 10.5 Å². The summed E-state index contributed by atoms with van der Waals surface area (Å²) >= 11 is 0. The van der Waals surface area contributed by atoms with E-state index in [0.717, 1.165) is 0 Å². The van der Waals surface area contributed by atoms with Crippen molar-refractivity contribution in [3.63, 3.8) is 0 Å². The Morgan fingerprint density at radius 1 is 1.32 bits per heavy atom. The van der Waals surface area contributed by atoms with Crippen molar-refractivity contribution in [2.24, 2.45) is 5.14 Å². The number of anilines is 2. The minimum absolute atomic E-state index is 0.000839. The van der Waals surface area contributed by atoms with Crippen LogP contribution in [0.25, 0.3) is 5.52 Å². The summed E-state index contributed by atoms with van der Waals surface area (Å²) in [7, 11) is -3.86. The lowest BCUT2D eigenvalue weighted by Gasteiger charge is -2.10. The maximum Gasteiger partial charge on any atom is 0.337 e. The fourth-order valence-corrected chi connectivity index (χ4v) is 3.40. The van der Waals surface area contributed by atoms with Crippen molar-refractivity contribution in [3.05, 3.63) is 47.4 Å². The number of benzene rings is 1. The van der Waals surface area contributed by atoms with E-state index in [1.54, 1.807) is 26.0 Å². The van der Waals surface area contributed by atoms with Crippen molar-refractivity contribution in [1.29, 1.82) is 0 Å². The molecule has 0 amide bonds. The average Bonchev–Trinajstić information content (AvgIpc) is 2.86. The Bertz CT molecular complexity index is 1100. The summed E-state index contributed by atoms with van der Waals surface area (Å²) < 4.78 is 24.7. The molecule has 0 unspecified atom stereocenters. The molecular formula is C15H15N5O4S. The molecule has 0 aliphatic heterocycles. The van der Waals surface area contributed by atoms with Gasteiger partial charge in [-0.25, -0.2) is 27.9 Å². The van der Waals surface area contributed by atoms with Crippen LogP contribution in [-0.4, -0.2) is 34.1 Å². The van der Waals surface area contributed by atoms with Crippen LogP contribution in [0.3, 0.4) is 0 Å². The number of primary sulfonamides is 1. The minimum atomic E-state index is -3.86. The summed E-state index contributed by atoms with van der Waals surface area (Å²) in [5.74, 6) is -0.718. The predicted octanol–water partition coefficient (Wildman–Crippen LogP) is 1.44. The van der Waals surface area contributed by atoms with Crippen LogP contribution in [0.2, 0.25) is 0 Å². The molecule has 0 fully saturated rings. The van der Waals surface area contributed by atoms with E-state index in [0.29, 0.717) is 28.1 Å². The smallest absolute Gasteiger partial charge is 0.337 e. The Morgan fingerprint density at radius 3 is 2.68 bits per heavy atom. The molecule has 2 aromatic heterocycles. The van der Waals surface area contributed by atoms with Crippen LogP contribution in [0.1, 0.15) is 21.5 Å². The number of carboxylic acid groups (broad SMARTS) is 1. The molecule has 9 nitrogen and oxygen atoms in total. The van der Waals surface area contributed by atoms with Crippen LogP contribution in [0.4, 0.5) is 11.5 Å². The Morgan fingerprint density at radius 2 is 2.04 bits per heavy atom. The molecule has 25 heavy (non-hydrogen) atoms. The van der Waals surface area contributed by atoms with E-state index in [9.17, 15) is 18.3 Å². The van der Waals surface area contributed by atoms with Gasteiger partial charge in [0.15, 0.2) is 5.82 Å². The molecule has 3 aromatic rings. The molecule has 0 atom stereocenters. The van der Waals surface area contributed by atoms with Crippen LogP contribution in [0, 0.1) is 13.8 Å². The monoisotopic (exact) mass is 361 g/mol. The van der Waals surface area contributed by atoms with Crippen molar-refractivity contribution in [2.75, 3.05) is 5.32 Å². The zero-order chi connectivity index (χ0) is 18.4. The summed E-state index contributed by atoms with van der Waals surface area (Å²) in [6.45, 7) is 3.29. The minimum Gasteiger partial charge on any atom is -0.478 e. The first-order chi connectivity index (χ1) is 11.7. The molecule has 10 heteroatoms. The maximum absolute atomic E-state index is 11.7. The topological polar surface area (TPSA) is 140 Å². The van der Waals surface area contributed by atoms with Crippen molar-refractivity contribution < 1.29 is 18.3 Å². The van der Waals surface area contributed by atoms with Gasteiger partial charge in [-0.2, -0.15) is 5.10 Å². The number of hydrogen-bond acceptors (Lipinski definition) is 6. The average molecular weight is 361 g/mol. The largest absolute Gasteiger partial charge is 0.478 e. The molecule has 0 spiro atoms. The number of fused-ring (bicyclic) bond motifs is 1. The lowest BCUT2D eigenvalue weighted by atomic mass is 10.2. The standard InChI is InChI=1S/C15H15N5O4S/c1-8-3-4-10(5-12(8)25(16,23)24)19-14-13-9(2)11(15(21)22)6-20(13)18-7-17-14/h3-7H,1-2H3,(H,21,22)(H2,16,23,24)(H,17,18,19). The number of carboxylic acids is 1. The third-order valence-electron chi connectivity index (χ3n) is 3.81. The first-order valence-electron chi connectivity index (χ1n) is 7.15. The first kappa shape index (κ1) is 16.9. The van der Waals surface area contributed by atoms with E-state index in [4.69, 9.17) is 5.14 Å². The number of aromatic nitrogens is 3. The number of aryl methyl sites for hydroxylation is 2. The fraction of sp³-hybridized carbons (Fsp3) is 0.133. The van der Waals surface area contributed by atoms with Gasteiger partial charge in [-0.3, -0.25) is 0 Å². The van der Waals surface area contributed by atoms with E-state index in [2.05, 4.69) is 15.4 Å². The Labute approximate surface area is 143 Å². The fourth-order valence-electron chi connectivity index (χ4n) is 2.59. The molecule has 2 heterocycles. The van der Waals surface area contributed by atoms with Crippen LogP contribution < -0.4 is 10.5 Å². The van der Waals surface area contributed by atoms with Gasteiger partial charge in [0.1, 0.15) is 11.8 Å². The molecule has 3 rings (SSSR count). The lowest BCUT2D eigenvalue weighted by molar-refractivity contribution is 0.0696. The summed E-state index contributed by atoms with van der Waals surface area (Å²) in [6.07, 6.45) is 2.67. The van der Waals surface area contributed by atoms with Crippen LogP contribution in [0.15, 0.2) is 35.6 Å². The quantitative estimate of drug-likeness (QED) is 0.638. The number of nitrogens with zero attached hydrogens (tertiary/aromatic N) is 3. The molecule has 0 aliphatic rings. The molecule has 1 aromatic carbocycles. The highest BCUT2D eigenvalue weighted by atomic mass is 32.2. The number of sulfonamides is 1. The Balaban J connectivity index is 2.12. The van der Waals surface area contributed by atoms with Gasteiger partial charge in [0.2, 0.25) is 10.0 Å². The molecule has 4 N–H and O–H groups in total. The third kappa shape index (κ3) is 3.04. The Kier molecular flexibility index (Phi) is 3.93. The van der Waals surface area contributed by atoms with Crippen molar-refractivity contribution in [3.8, 4) is 0 Å². The normalized spacial score (nSPS) is 11.6. The van der Waals surface area contributed by atoms with E-state index >= 15 is 0 Å². The van der Waals surface area contributed by atoms with Crippen LogP contribution in [-0.2, 0) is 10.0 Å². The highest BCUT2D eigenvalue weighted by Gasteiger charge is 2.18. The molecule has 0 saturated carbocycles. The second kappa shape index (κ2) is 5.83. The molecule has 130 valence electrons. The third-order valence-corrected chi connectivity index (χ3v) is 4.87. The van der Waals surface area contributed by atoms with E-state index in [-0.39, 0.29) is 10.5 Å². The zero-order valence-corrected chi connectivity index (χ0v) is 14.2. The van der Waals surface area contributed by atoms with E-state index in [1.807, 2.05) is 0 Å². The second-order valence-corrected chi connectivity index (χ2v) is 7.05. The van der Waals surface area contributed by atoms with E-state index in [1.165, 1.54) is 23.1 Å². The molecule has 0 bridgehead atoms. The van der Waals surface area contributed by atoms with Crippen LogP contribution in [0.5, 0.6) is 0 Å². The van der Waals surface area contributed by atoms with Gasteiger partial charge in [-0.1, -0.05) is 6.07 Å². The van der Waals surface area contributed by atoms with E-state index < -0.39 is 16.0 Å². The van der Waals surface area contributed by atoms with Gasteiger partial charge in [0, 0.05) is 11.9 Å². The van der Waals surface area contributed by atoms with Gasteiger partial charge in [-0.15, -0.1) is 0 Å². The van der Waals surface area contributed by atoms with Gasteiger partial charge < -0.3 is 10.4 Å². The second-order valence-electron chi connectivity index (χ2n) is 5.53. The number of nitrogens with one attached hydrogen (secondary N) is 1. The van der Waals surface area contributed by atoms with Crippen molar-refractivity contribution >= 4 is 33.0 Å². The number of rotatable bonds is 4. The number of nitrogens with two attached hydrogens (primary N) is 1. The van der Waals surface area contributed by atoms with Crippen molar-refractivity contribution in [1.82, 2.24) is 14.6 Å². The van der Waals surface area contributed by atoms with Gasteiger partial charge in [0.25, 0.3) is 0 Å². The molecular weight excluding hydrogens is 346 g/mol. The maximum atomic E-state index is 11.7. The van der Waals surface area contributed by atoms with Gasteiger partial charge >= 0.3 is 5.97 Å². The van der Waals surface area contributed by atoms with Crippen molar-refractivity contribution in [2.45, 2.75) is 18.7 Å². The van der Waals surface area contributed by atoms with Crippen LogP contribution >= 0.6 is 0 Å². The first-order valence-corrected chi connectivity index (χ1v) is 8.70. The molecule has 0 saturated heterocycles. The summed E-state index contributed by atoms with van der Waals surface area (Å²) in [6, 6.07) is 4.70. The lowest BCUT2D eigenvalue weighted by Crippen LogP contribution is -2.14. The summed E-state index contributed by atoms with van der Waals surface area (Å²) in [4.78, 5) is 15.4. The SMILES string of the molecule is Cc1ccc(Nc2ncnn3cc(C(=O)O)c(C)c23)cc1S(N)(=O)=O. The number of hydrogen-bond donors (Lipinski definition) is 3. The predicted molar refractivity (Wildman–Crippen MR) is 90.5 cm³/mol. The number of aromatic carboxylic acids is 1. The van der Waals surface area contributed by atoms with Gasteiger partial charge in [-0.05, 0) is 37.1 Å². The zero-order valence-electron chi connectivity index (χ0n) is 13.4. The molecule has 0 aliphatic carbocycles. The summed E-state index contributed by atoms with van der Waals surface area (Å²) in [5, 5.41) is 21.5. The number of carbonyl (C=O) groups is 1. The summed E-state index contributed by atoms with van der Waals surface area (Å²) in [5.41, 5.74) is 2.06. The highest BCUT2D eigenvalue weighted by Crippen LogP contribution is 2.27. The Hall–Kier alpha value is -2.98. The highest BCUT2D eigenvalue weighted by molar-refractivity contribution is 7.89.